The first-order valence-electron chi connectivity index (χ1n) is 11.6. The van der Waals surface area contributed by atoms with Gasteiger partial charge >= 0.3 is 0 Å². The lowest BCUT2D eigenvalue weighted by molar-refractivity contribution is -0.123. The second-order valence-electron chi connectivity index (χ2n) is 8.55. The maximum absolute atomic E-state index is 13.8. The number of methoxy groups -OCH3 is 1. The summed E-state index contributed by atoms with van der Waals surface area (Å²) in [6.45, 7) is 3.24. The average molecular weight is 486 g/mol. The molecule has 1 heterocycles. The van der Waals surface area contributed by atoms with Crippen molar-refractivity contribution in [2.24, 2.45) is 0 Å². The summed E-state index contributed by atoms with van der Waals surface area (Å²) in [4.78, 5) is 54.4. The van der Waals surface area contributed by atoms with Gasteiger partial charge in [-0.2, -0.15) is 0 Å². The SMILES string of the molecule is COc1cccc(C(=O)N(C2CC(=O)N(c3ccc(NC(C)=O)cc3)C2=O)C(C)c2ccccc2)c1. The minimum Gasteiger partial charge on any atom is -0.497 e. The Morgan fingerprint density at radius 3 is 2.33 bits per heavy atom. The van der Waals surface area contributed by atoms with Gasteiger partial charge in [-0.3, -0.25) is 19.2 Å². The van der Waals surface area contributed by atoms with Crippen molar-refractivity contribution >= 4 is 35.0 Å². The standard InChI is InChI=1S/C28H27N3O5/c1-18(20-8-5-4-6-9-20)30(27(34)21-10-7-11-24(16-21)36-3)25-17-26(33)31(28(25)35)23-14-12-22(13-15-23)29-19(2)32/h4-16,18,25H,17H2,1-3H3,(H,29,32). The normalized spacial score (nSPS) is 16.0. The fourth-order valence-corrected chi connectivity index (χ4v) is 4.39. The highest BCUT2D eigenvalue weighted by Crippen LogP contribution is 2.33. The molecule has 184 valence electrons. The summed E-state index contributed by atoms with van der Waals surface area (Å²) in [5.41, 5.74) is 2.12. The van der Waals surface area contributed by atoms with E-state index >= 15 is 0 Å². The molecule has 2 atom stereocenters. The maximum Gasteiger partial charge on any atom is 0.257 e. The number of imide groups is 1. The Labute approximate surface area is 209 Å². The number of amides is 4. The van der Waals surface area contributed by atoms with Crippen molar-refractivity contribution in [1.82, 2.24) is 4.90 Å². The molecule has 3 aromatic carbocycles. The van der Waals surface area contributed by atoms with Crippen LogP contribution < -0.4 is 15.0 Å². The molecule has 1 fully saturated rings. The Bertz CT molecular complexity index is 1290. The number of carbonyl (C=O) groups is 4. The van der Waals surface area contributed by atoms with Gasteiger partial charge in [0.1, 0.15) is 11.8 Å². The molecule has 1 N–H and O–H groups in total. The lowest BCUT2D eigenvalue weighted by atomic mass is 10.0. The topological polar surface area (TPSA) is 96.0 Å². The Morgan fingerprint density at radius 1 is 1.00 bits per heavy atom. The zero-order valence-corrected chi connectivity index (χ0v) is 20.3. The van der Waals surface area contributed by atoms with Crippen molar-refractivity contribution in [3.8, 4) is 5.75 Å². The van der Waals surface area contributed by atoms with E-state index in [2.05, 4.69) is 5.32 Å². The molecule has 36 heavy (non-hydrogen) atoms. The predicted molar refractivity (Wildman–Crippen MR) is 136 cm³/mol. The largest absolute Gasteiger partial charge is 0.497 e. The van der Waals surface area contributed by atoms with E-state index in [0.717, 1.165) is 10.5 Å². The monoisotopic (exact) mass is 485 g/mol. The third kappa shape index (κ3) is 4.98. The van der Waals surface area contributed by atoms with Crippen molar-refractivity contribution in [3.05, 3.63) is 90.0 Å². The van der Waals surface area contributed by atoms with Crippen LogP contribution in [0.15, 0.2) is 78.9 Å². The summed E-state index contributed by atoms with van der Waals surface area (Å²) in [7, 11) is 1.52. The van der Waals surface area contributed by atoms with Crippen molar-refractivity contribution in [2.75, 3.05) is 17.3 Å². The third-order valence-electron chi connectivity index (χ3n) is 6.15. The van der Waals surface area contributed by atoms with Gasteiger partial charge in [0.05, 0.1) is 25.3 Å². The number of carbonyl (C=O) groups excluding carboxylic acids is 4. The average Bonchev–Trinajstić information content (AvgIpc) is 3.18. The van der Waals surface area contributed by atoms with E-state index in [1.54, 1.807) is 48.5 Å². The van der Waals surface area contributed by atoms with E-state index in [-0.39, 0.29) is 18.2 Å². The molecule has 1 aliphatic heterocycles. The van der Waals surface area contributed by atoms with Crippen LogP contribution in [0.3, 0.4) is 0 Å². The molecular formula is C28H27N3O5. The Hall–Kier alpha value is -4.46. The lowest BCUT2D eigenvalue weighted by Gasteiger charge is -2.33. The van der Waals surface area contributed by atoms with Gasteiger partial charge in [-0.05, 0) is 55.0 Å². The number of hydrogen-bond donors (Lipinski definition) is 1. The smallest absolute Gasteiger partial charge is 0.257 e. The van der Waals surface area contributed by atoms with E-state index in [1.807, 2.05) is 37.3 Å². The summed E-state index contributed by atoms with van der Waals surface area (Å²) in [6, 6.07) is 21.1. The first-order valence-corrected chi connectivity index (χ1v) is 11.6. The van der Waals surface area contributed by atoms with Crippen LogP contribution in [0, 0.1) is 0 Å². The van der Waals surface area contributed by atoms with Crippen LogP contribution >= 0.6 is 0 Å². The second kappa shape index (κ2) is 10.4. The fourth-order valence-electron chi connectivity index (χ4n) is 4.39. The minimum atomic E-state index is -0.985. The van der Waals surface area contributed by atoms with Crippen LogP contribution in [0.5, 0.6) is 5.75 Å². The van der Waals surface area contributed by atoms with Crippen molar-refractivity contribution in [1.29, 1.82) is 0 Å². The molecule has 0 saturated carbocycles. The zero-order chi connectivity index (χ0) is 25.8. The molecule has 0 aliphatic carbocycles. The quantitative estimate of drug-likeness (QED) is 0.507. The molecule has 4 rings (SSSR count). The van der Waals surface area contributed by atoms with E-state index in [9.17, 15) is 19.2 Å². The summed E-state index contributed by atoms with van der Waals surface area (Å²) >= 11 is 0. The molecule has 0 bridgehead atoms. The number of nitrogens with one attached hydrogen (secondary N) is 1. The summed E-state index contributed by atoms with van der Waals surface area (Å²) in [5.74, 6) is -0.966. The number of anilines is 2. The molecule has 0 spiro atoms. The van der Waals surface area contributed by atoms with Crippen LogP contribution in [0.4, 0.5) is 11.4 Å². The number of rotatable bonds is 7. The maximum atomic E-state index is 13.8. The molecule has 3 aromatic rings. The Morgan fingerprint density at radius 2 is 1.69 bits per heavy atom. The molecule has 0 radical (unpaired) electrons. The molecule has 1 saturated heterocycles. The van der Waals surface area contributed by atoms with E-state index in [0.29, 0.717) is 22.7 Å². The highest BCUT2D eigenvalue weighted by molar-refractivity contribution is 6.23. The van der Waals surface area contributed by atoms with Crippen LogP contribution in [0.2, 0.25) is 0 Å². The fraction of sp³-hybridized carbons (Fsp3) is 0.214. The highest BCUT2D eigenvalue weighted by atomic mass is 16.5. The second-order valence-corrected chi connectivity index (χ2v) is 8.55. The number of nitrogens with zero attached hydrogens (tertiary/aromatic N) is 2. The van der Waals surface area contributed by atoms with Gasteiger partial charge in [0.15, 0.2) is 0 Å². The lowest BCUT2D eigenvalue weighted by Crippen LogP contribution is -2.46. The van der Waals surface area contributed by atoms with Crippen LogP contribution in [-0.2, 0) is 14.4 Å². The molecule has 0 aromatic heterocycles. The Balaban J connectivity index is 1.69. The van der Waals surface area contributed by atoms with Gasteiger partial charge in [-0.25, -0.2) is 4.90 Å². The molecule has 2 unspecified atom stereocenters. The van der Waals surface area contributed by atoms with E-state index in [1.165, 1.54) is 18.9 Å². The third-order valence-corrected chi connectivity index (χ3v) is 6.15. The van der Waals surface area contributed by atoms with Gasteiger partial charge in [0, 0.05) is 18.2 Å². The van der Waals surface area contributed by atoms with Crippen molar-refractivity contribution < 1.29 is 23.9 Å². The van der Waals surface area contributed by atoms with Gasteiger partial charge in [0.2, 0.25) is 11.8 Å². The highest BCUT2D eigenvalue weighted by Gasteiger charge is 2.46. The first kappa shape index (κ1) is 24.7. The van der Waals surface area contributed by atoms with Crippen molar-refractivity contribution in [2.45, 2.75) is 32.4 Å². The predicted octanol–water partition coefficient (Wildman–Crippen LogP) is 4.19. The van der Waals surface area contributed by atoms with Crippen LogP contribution in [-0.4, -0.2) is 41.7 Å². The van der Waals surface area contributed by atoms with Gasteiger partial charge in [0.25, 0.3) is 11.8 Å². The van der Waals surface area contributed by atoms with E-state index < -0.39 is 23.9 Å². The number of hydrogen-bond acceptors (Lipinski definition) is 5. The Kier molecular flexibility index (Phi) is 7.15. The zero-order valence-electron chi connectivity index (χ0n) is 20.3. The van der Waals surface area contributed by atoms with Crippen LogP contribution in [0.25, 0.3) is 0 Å². The van der Waals surface area contributed by atoms with Crippen LogP contribution in [0.1, 0.15) is 42.2 Å². The number of benzene rings is 3. The van der Waals surface area contributed by atoms with Gasteiger partial charge in [-0.15, -0.1) is 0 Å². The molecule has 4 amide bonds. The summed E-state index contributed by atoms with van der Waals surface area (Å²) in [6.07, 6.45) is -0.140. The molecular weight excluding hydrogens is 458 g/mol. The van der Waals surface area contributed by atoms with Gasteiger partial charge < -0.3 is 15.0 Å². The molecule has 8 nitrogen and oxygen atoms in total. The molecule has 1 aliphatic rings. The van der Waals surface area contributed by atoms with E-state index in [4.69, 9.17) is 4.74 Å². The first-order chi connectivity index (χ1) is 17.3. The minimum absolute atomic E-state index is 0.140. The summed E-state index contributed by atoms with van der Waals surface area (Å²) < 4.78 is 5.28. The van der Waals surface area contributed by atoms with Gasteiger partial charge in [-0.1, -0.05) is 36.4 Å². The molecule has 8 heteroatoms. The van der Waals surface area contributed by atoms with Crippen molar-refractivity contribution in [3.63, 3.8) is 0 Å². The number of ether oxygens (including phenoxy) is 1. The summed E-state index contributed by atoms with van der Waals surface area (Å²) in [5, 5.41) is 2.66.